The summed E-state index contributed by atoms with van der Waals surface area (Å²) in [7, 11) is 3.42. The van der Waals surface area contributed by atoms with E-state index < -0.39 is 11.8 Å². The van der Waals surface area contributed by atoms with Crippen LogP contribution in [0.15, 0.2) is 59.3 Å². The summed E-state index contributed by atoms with van der Waals surface area (Å²) in [5.74, 6) is -0.931. The molecule has 7 heteroatoms. The van der Waals surface area contributed by atoms with Crippen molar-refractivity contribution in [1.82, 2.24) is 9.63 Å². The van der Waals surface area contributed by atoms with Crippen LogP contribution in [0, 0.1) is 0 Å². The zero-order valence-electron chi connectivity index (χ0n) is 15.7. The summed E-state index contributed by atoms with van der Waals surface area (Å²) < 4.78 is 12.7. The second kappa shape index (κ2) is 6.08. The highest BCUT2D eigenvalue weighted by Gasteiger charge is 2.41. The largest absolute Gasteiger partial charge is 0.497 e. The van der Waals surface area contributed by atoms with Gasteiger partial charge in [0.05, 0.1) is 24.5 Å². The van der Waals surface area contributed by atoms with E-state index in [1.165, 1.54) is 6.26 Å². The maximum Gasteiger partial charge on any atom is 0.286 e. The maximum absolute atomic E-state index is 12.8. The normalized spacial score (nSPS) is 14.7. The van der Waals surface area contributed by atoms with E-state index >= 15 is 0 Å². The number of furan rings is 1. The van der Waals surface area contributed by atoms with Gasteiger partial charge in [-0.2, -0.15) is 0 Å². The summed E-state index contributed by atoms with van der Waals surface area (Å²) in [4.78, 5) is 25.7. The lowest BCUT2D eigenvalue weighted by Gasteiger charge is -2.03. The fraction of sp³-hybridized carbons (Fsp3) is 0.0909. The second-order valence-electron chi connectivity index (χ2n) is 6.85. The van der Waals surface area contributed by atoms with Crippen LogP contribution in [0.3, 0.4) is 0 Å². The SMILES string of the molecule is COc1ccc2c(C3=C(c4cn(C)c5ccccc45)C(=O)N(O)C3=O)coc2c1. The van der Waals surface area contributed by atoms with Crippen molar-refractivity contribution >= 4 is 44.8 Å². The minimum Gasteiger partial charge on any atom is -0.497 e. The fourth-order valence-corrected chi connectivity index (χ4v) is 3.89. The molecular formula is C22H16N2O5. The number of carbonyl (C=O) groups excluding carboxylic acids is 2. The first kappa shape index (κ1) is 17.3. The Balaban J connectivity index is 1.83. The van der Waals surface area contributed by atoms with E-state index in [2.05, 4.69) is 0 Å². The molecule has 1 aliphatic heterocycles. The molecular weight excluding hydrogens is 372 g/mol. The molecule has 0 saturated heterocycles. The van der Waals surface area contributed by atoms with Crippen LogP contribution in [0.4, 0.5) is 0 Å². The topological polar surface area (TPSA) is 84.9 Å². The molecule has 0 unspecified atom stereocenters. The van der Waals surface area contributed by atoms with Crippen molar-refractivity contribution in [2.24, 2.45) is 7.05 Å². The monoisotopic (exact) mass is 388 g/mol. The molecule has 0 atom stereocenters. The first-order chi connectivity index (χ1) is 14.0. The Bertz CT molecular complexity index is 1360. The van der Waals surface area contributed by atoms with Crippen molar-refractivity contribution in [2.45, 2.75) is 0 Å². The summed E-state index contributed by atoms with van der Waals surface area (Å²) in [5, 5.41) is 11.8. The predicted octanol–water partition coefficient (Wildman–Crippen LogP) is 3.60. The molecule has 3 heterocycles. The number of carbonyl (C=O) groups is 2. The molecule has 5 rings (SSSR count). The number of para-hydroxylation sites is 1. The van der Waals surface area contributed by atoms with Crippen molar-refractivity contribution in [3.8, 4) is 5.75 Å². The number of nitrogens with zero attached hydrogens (tertiary/aromatic N) is 2. The lowest BCUT2D eigenvalue weighted by Crippen LogP contribution is -2.27. The Hall–Kier alpha value is -3.84. The number of fused-ring (bicyclic) bond motifs is 2. The average Bonchev–Trinajstić information content (AvgIpc) is 3.37. The molecule has 0 spiro atoms. The molecule has 0 saturated carbocycles. The third-order valence-electron chi connectivity index (χ3n) is 5.28. The number of hydrogen-bond acceptors (Lipinski definition) is 5. The van der Waals surface area contributed by atoms with Gasteiger partial charge in [-0.15, -0.1) is 5.06 Å². The number of rotatable bonds is 3. The van der Waals surface area contributed by atoms with E-state index in [1.807, 2.05) is 35.9 Å². The van der Waals surface area contributed by atoms with Gasteiger partial charge in [0.15, 0.2) is 0 Å². The highest BCUT2D eigenvalue weighted by atomic mass is 16.5. The number of ether oxygens (including phenoxy) is 1. The predicted molar refractivity (Wildman–Crippen MR) is 106 cm³/mol. The molecule has 29 heavy (non-hydrogen) atoms. The van der Waals surface area contributed by atoms with Gasteiger partial charge in [-0.25, -0.2) is 0 Å². The number of aryl methyl sites for hydroxylation is 1. The van der Waals surface area contributed by atoms with Crippen LogP contribution < -0.4 is 4.74 Å². The number of hydroxylamine groups is 2. The smallest absolute Gasteiger partial charge is 0.286 e. The first-order valence-corrected chi connectivity index (χ1v) is 8.93. The van der Waals surface area contributed by atoms with E-state index in [0.717, 1.165) is 10.9 Å². The number of hydrogen-bond donors (Lipinski definition) is 1. The maximum atomic E-state index is 12.8. The Morgan fingerprint density at radius 1 is 0.966 bits per heavy atom. The van der Waals surface area contributed by atoms with E-state index in [1.54, 1.807) is 31.5 Å². The molecule has 144 valence electrons. The van der Waals surface area contributed by atoms with E-state index in [4.69, 9.17) is 9.15 Å². The Labute approximate surface area is 165 Å². The van der Waals surface area contributed by atoms with Crippen molar-refractivity contribution in [3.63, 3.8) is 0 Å². The van der Waals surface area contributed by atoms with E-state index in [-0.39, 0.29) is 16.2 Å². The minimum atomic E-state index is -0.781. The van der Waals surface area contributed by atoms with Crippen LogP contribution in [0.25, 0.3) is 33.0 Å². The molecule has 0 aliphatic carbocycles. The molecule has 0 fully saturated rings. The molecule has 2 aromatic carbocycles. The molecule has 4 aromatic rings. The number of methoxy groups -OCH3 is 1. The molecule has 2 amide bonds. The summed E-state index contributed by atoms with van der Waals surface area (Å²) in [6.45, 7) is 0. The van der Waals surface area contributed by atoms with Gasteiger partial charge in [0.25, 0.3) is 11.8 Å². The van der Waals surface area contributed by atoms with Gasteiger partial charge in [-0.1, -0.05) is 18.2 Å². The average molecular weight is 388 g/mol. The zero-order chi connectivity index (χ0) is 20.3. The summed E-state index contributed by atoms with van der Waals surface area (Å²) in [6, 6.07) is 12.8. The van der Waals surface area contributed by atoms with Gasteiger partial charge in [-0.3, -0.25) is 14.8 Å². The van der Waals surface area contributed by atoms with Crippen LogP contribution in [-0.2, 0) is 16.6 Å². The third-order valence-corrected chi connectivity index (χ3v) is 5.28. The Kier molecular flexibility index (Phi) is 3.62. The third kappa shape index (κ3) is 2.34. The van der Waals surface area contributed by atoms with Gasteiger partial charge in [0.1, 0.15) is 11.3 Å². The fourth-order valence-electron chi connectivity index (χ4n) is 3.89. The summed E-state index contributed by atoms with van der Waals surface area (Å²) in [5.41, 5.74) is 2.70. The lowest BCUT2D eigenvalue weighted by molar-refractivity contribution is -0.168. The molecule has 0 radical (unpaired) electrons. The number of amides is 2. The first-order valence-electron chi connectivity index (χ1n) is 8.93. The van der Waals surface area contributed by atoms with Crippen LogP contribution in [0.5, 0.6) is 5.75 Å². The zero-order valence-corrected chi connectivity index (χ0v) is 15.7. The lowest BCUT2D eigenvalue weighted by atomic mass is 9.95. The molecule has 0 bridgehead atoms. The molecule has 1 aliphatic rings. The number of aromatic nitrogens is 1. The number of imide groups is 1. The Morgan fingerprint density at radius 2 is 1.69 bits per heavy atom. The van der Waals surface area contributed by atoms with Crippen molar-refractivity contribution in [2.75, 3.05) is 7.11 Å². The second-order valence-corrected chi connectivity index (χ2v) is 6.85. The quantitative estimate of drug-likeness (QED) is 0.428. The number of benzene rings is 2. The van der Waals surface area contributed by atoms with Crippen molar-refractivity contribution < 1.29 is 24.0 Å². The van der Waals surface area contributed by atoms with Gasteiger partial charge in [0, 0.05) is 46.7 Å². The summed E-state index contributed by atoms with van der Waals surface area (Å²) in [6.07, 6.45) is 3.21. The molecule has 2 aromatic heterocycles. The Morgan fingerprint density at radius 3 is 2.45 bits per heavy atom. The summed E-state index contributed by atoms with van der Waals surface area (Å²) >= 11 is 0. The van der Waals surface area contributed by atoms with E-state index in [0.29, 0.717) is 27.8 Å². The van der Waals surface area contributed by atoms with Crippen LogP contribution in [0.2, 0.25) is 0 Å². The van der Waals surface area contributed by atoms with Crippen LogP contribution in [-0.4, -0.2) is 33.8 Å². The highest BCUT2D eigenvalue weighted by molar-refractivity contribution is 6.50. The van der Waals surface area contributed by atoms with Gasteiger partial charge >= 0.3 is 0 Å². The van der Waals surface area contributed by atoms with Crippen molar-refractivity contribution in [1.29, 1.82) is 0 Å². The van der Waals surface area contributed by atoms with Gasteiger partial charge in [-0.05, 0) is 18.2 Å². The minimum absolute atomic E-state index is 0.109. The van der Waals surface area contributed by atoms with Gasteiger partial charge < -0.3 is 13.7 Å². The highest BCUT2D eigenvalue weighted by Crippen LogP contribution is 2.41. The van der Waals surface area contributed by atoms with Crippen LogP contribution >= 0.6 is 0 Å². The van der Waals surface area contributed by atoms with Crippen molar-refractivity contribution in [3.05, 3.63) is 66.1 Å². The molecule has 7 nitrogen and oxygen atoms in total. The standard InChI is InChI=1S/C22H16N2O5/c1-23-10-15(13-5-3-4-6-17(13)23)19-20(22(26)24(27)21(19)25)16-11-29-18-9-12(28-2)7-8-14(16)18/h3-11,27H,1-2H3. The molecule has 1 N–H and O–H groups in total. The van der Waals surface area contributed by atoms with E-state index in [9.17, 15) is 14.8 Å². The van der Waals surface area contributed by atoms with Crippen LogP contribution in [0.1, 0.15) is 11.1 Å². The van der Waals surface area contributed by atoms with Gasteiger partial charge in [0.2, 0.25) is 0 Å².